The van der Waals surface area contributed by atoms with Gasteiger partial charge in [0.05, 0.1) is 6.17 Å². The van der Waals surface area contributed by atoms with Crippen molar-refractivity contribution in [1.82, 2.24) is 9.80 Å². The minimum Gasteiger partial charge on any atom is -0.279 e. The average molecular weight is 354 g/mol. The first-order chi connectivity index (χ1) is 13.4. The van der Waals surface area contributed by atoms with Crippen LogP contribution in [0.3, 0.4) is 0 Å². The molecule has 0 amide bonds. The molecule has 0 radical (unpaired) electrons. The Labute approximate surface area is 162 Å². The van der Waals surface area contributed by atoms with Gasteiger partial charge in [-0.1, -0.05) is 103 Å². The largest absolute Gasteiger partial charge is 0.279 e. The number of hydrogen-bond donors (Lipinski definition) is 0. The van der Waals surface area contributed by atoms with Gasteiger partial charge < -0.3 is 0 Å². The highest BCUT2D eigenvalue weighted by molar-refractivity contribution is 5.49. The molecule has 0 unspecified atom stereocenters. The minimum absolute atomic E-state index is 0.311. The summed E-state index contributed by atoms with van der Waals surface area (Å²) in [4.78, 5) is 5.13. The molecule has 0 spiro atoms. The Morgan fingerprint density at radius 2 is 1.07 bits per heavy atom. The SMILES string of the molecule is C(=C\C1N(Cc2ccccc2)CCN1Cc1ccccc1)/c1ccccc1. The quantitative estimate of drug-likeness (QED) is 0.611. The number of nitrogens with zero attached hydrogens (tertiary/aromatic N) is 2. The Morgan fingerprint density at radius 3 is 1.56 bits per heavy atom. The summed E-state index contributed by atoms with van der Waals surface area (Å²) in [5.74, 6) is 0. The van der Waals surface area contributed by atoms with Crippen LogP contribution in [0.2, 0.25) is 0 Å². The van der Waals surface area contributed by atoms with Crippen LogP contribution in [-0.4, -0.2) is 29.1 Å². The van der Waals surface area contributed by atoms with Gasteiger partial charge in [-0.3, -0.25) is 9.80 Å². The van der Waals surface area contributed by atoms with E-state index in [0.29, 0.717) is 6.17 Å². The molecule has 1 saturated heterocycles. The second-order valence-electron chi connectivity index (χ2n) is 7.10. The van der Waals surface area contributed by atoms with Crippen LogP contribution in [0.15, 0.2) is 97.1 Å². The lowest BCUT2D eigenvalue weighted by Gasteiger charge is -2.28. The Kier molecular flexibility index (Phi) is 5.78. The van der Waals surface area contributed by atoms with Gasteiger partial charge >= 0.3 is 0 Å². The highest BCUT2D eigenvalue weighted by Gasteiger charge is 2.29. The van der Waals surface area contributed by atoms with Crippen LogP contribution in [0.1, 0.15) is 16.7 Å². The van der Waals surface area contributed by atoms with Crippen molar-refractivity contribution < 1.29 is 0 Å². The summed E-state index contributed by atoms with van der Waals surface area (Å²) >= 11 is 0. The standard InChI is InChI=1S/C25H26N2/c1-4-10-22(11-5-1)16-17-25-26(20-23-12-6-2-7-13-23)18-19-27(25)21-24-14-8-3-9-15-24/h1-17,25H,18-21H2/b17-16+. The van der Waals surface area contributed by atoms with Crippen molar-refractivity contribution in [1.29, 1.82) is 0 Å². The first-order valence-corrected chi connectivity index (χ1v) is 9.68. The van der Waals surface area contributed by atoms with E-state index in [9.17, 15) is 0 Å². The zero-order valence-corrected chi connectivity index (χ0v) is 15.6. The Morgan fingerprint density at radius 1 is 0.630 bits per heavy atom. The first-order valence-electron chi connectivity index (χ1n) is 9.68. The molecule has 27 heavy (non-hydrogen) atoms. The fraction of sp³-hybridized carbons (Fsp3) is 0.200. The molecule has 1 fully saturated rings. The van der Waals surface area contributed by atoms with E-state index in [1.807, 2.05) is 0 Å². The van der Waals surface area contributed by atoms with Gasteiger partial charge in [0.15, 0.2) is 0 Å². The molecule has 0 N–H and O–H groups in total. The average Bonchev–Trinajstić information content (AvgIpc) is 3.10. The molecule has 2 nitrogen and oxygen atoms in total. The number of rotatable bonds is 6. The number of hydrogen-bond acceptors (Lipinski definition) is 2. The van der Waals surface area contributed by atoms with Crippen LogP contribution >= 0.6 is 0 Å². The third kappa shape index (κ3) is 4.73. The lowest BCUT2D eigenvalue weighted by atomic mass is 10.1. The van der Waals surface area contributed by atoms with E-state index >= 15 is 0 Å². The minimum atomic E-state index is 0.311. The van der Waals surface area contributed by atoms with E-state index in [0.717, 1.165) is 26.2 Å². The topological polar surface area (TPSA) is 6.48 Å². The molecular weight excluding hydrogens is 328 g/mol. The van der Waals surface area contributed by atoms with E-state index in [-0.39, 0.29) is 0 Å². The molecule has 0 bridgehead atoms. The van der Waals surface area contributed by atoms with Crippen molar-refractivity contribution in [3.63, 3.8) is 0 Å². The Bertz CT molecular complexity index is 794. The second kappa shape index (κ2) is 8.81. The van der Waals surface area contributed by atoms with Gasteiger partial charge in [0.25, 0.3) is 0 Å². The summed E-state index contributed by atoms with van der Waals surface area (Å²) in [6.45, 7) is 4.14. The second-order valence-corrected chi connectivity index (χ2v) is 7.10. The summed E-state index contributed by atoms with van der Waals surface area (Å²) in [5, 5.41) is 0. The maximum Gasteiger partial charge on any atom is 0.0824 e. The zero-order chi connectivity index (χ0) is 18.3. The maximum absolute atomic E-state index is 2.57. The monoisotopic (exact) mass is 354 g/mol. The predicted molar refractivity (Wildman–Crippen MR) is 113 cm³/mol. The molecule has 1 aliphatic heterocycles. The lowest BCUT2D eigenvalue weighted by Crippen LogP contribution is -2.36. The van der Waals surface area contributed by atoms with Gasteiger partial charge in [-0.2, -0.15) is 0 Å². The van der Waals surface area contributed by atoms with Gasteiger partial charge in [0.1, 0.15) is 0 Å². The van der Waals surface area contributed by atoms with Crippen molar-refractivity contribution in [2.24, 2.45) is 0 Å². The van der Waals surface area contributed by atoms with Crippen LogP contribution in [0.5, 0.6) is 0 Å². The molecular formula is C25H26N2. The highest BCUT2D eigenvalue weighted by Crippen LogP contribution is 2.22. The predicted octanol–water partition coefficient (Wildman–Crippen LogP) is 5.04. The first kappa shape index (κ1) is 17.7. The normalized spacial score (nSPS) is 16.3. The van der Waals surface area contributed by atoms with Crippen molar-refractivity contribution >= 4 is 6.08 Å². The molecule has 2 heteroatoms. The van der Waals surface area contributed by atoms with Gasteiger partial charge in [-0.05, 0) is 16.7 Å². The smallest absolute Gasteiger partial charge is 0.0824 e. The van der Waals surface area contributed by atoms with Crippen molar-refractivity contribution in [3.8, 4) is 0 Å². The molecule has 1 heterocycles. The molecule has 3 aromatic carbocycles. The van der Waals surface area contributed by atoms with Crippen LogP contribution in [-0.2, 0) is 13.1 Å². The van der Waals surface area contributed by atoms with Crippen LogP contribution in [0.4, 0.5) is 0 Å². The summed E-state index contributed by atoms with van der Waals surface area (Å²) in [5.41, 5.74) is 4.00. The van der Waals surface area contributed by atoms with Crippen molar-refractivity contribution in [2.45, 2.75) is 19.3 Å². The third-order valence-electron chi connectivity index (χ3n) is 5.14. The van der Waals surface area contributed by atoms with Crippen molar-refractivity contribution in [2.75, 3.05) is 13.1 Å². The van der Waals surface area contributed by atoms with Crippen molar-refractivity contribution in [3.05, 3.63) is 114 Å². The fourth-order valence-corrected chi connectivity index (χ4v) is 3.74. The van der Waals surface area contributed by atoms with E-state index in [4.69, 9.17) is 0 Å². The highest BCUT2D eigenvalue weighted by atomic mass is 15.4. The van der Waals surface area contributed by atoms with E-state index < -0.39 is 0 Å². The zero-order valence-electron chi connectivity index (χ0n) is 15.6. The Balaban J connectivity index is 1.54. The molecule has 0 aliphatic carbocycles. The fourth-order valence-electron chi connectivity index (χ4n) is 3.74. The van der Waals surface area contributed by atoms with Crippen LogP contribution in [0, 0.1) is 0 Å². The molecule has 4 rings (SSSR count). The van der Waals surface area contributed by atoms with Gasteiger partial charge in [-0.25, -0.2) is 0 Å². The molecule has 1 aliphatic rings. The van der Waals surface area contributed by atoms with Crippen LogP contribution < -0.4 is 0 Å². The molecule has 0 aromatic heterocycles. The van der Waals surface area contributed by atoms with Gasteiger partial charge in [0.2, 0.25) is 0 Å². The summed E-state index contributed by atoms with van der Waals surface area (Å²) < 4.78 is 0. The lowest BCUT2D eigenvalue weighted by molar-refractivity contribution is 0.168. The number of benzene rings is 3. The third-order valence-corrected chi connectivity index (χ3v) is 5.14. The molecule has 136 valence electrons. The van der Waals surface area contributed by atoms with E-state index in [1.54, 1.807) is 0 Å². The molecule has 0 saturated carbocycles. The summed E-state index contributed by atoms with van der Waals surface area (Å²) in [6.07, 6.45) is 4.92. The van der Waals surface area contributed by atoms with Crippen LogP contribution in [0.25, 0.3) is 6.08 Å². The van der Waals surface area contributed by atoms with E-state index in [2.05, 4.69) is 113 Å². The maximum atomic E-state index is 2.57. The van der Waals surface area contributed by atoms with Gasteiger partial charge in [0, 0.05) is 26.2 Å². The summed E-state index contributed by atoms with van der Waals surface area (Å²) in [6, 6.07) is 32.1. The van der Waals surface area contributed by atoms with E-state index in [1.165, 1.54) is 16.7 Å². The van der Waals surface area contributed by atoms with Gasteiger partial charge in [-0.15, -0.1) is 0 Å². The Hall–Kier alpha value is -2.68. The molecule has 0 atom stereocenters. The summed E-state index contributed by atoms with van der Waals surface area (Å²) in [7, 11) is 0. The molecule has 3 aromatic rings.